The van der Waals surface area contributed by atoms with Gasteiger partial charge in [-0.2, -0.15) is 0 Å². The highest BCUT2D eigenvalue weighted by Crippen LogP contribution is 2.28. The van der Waals surface area contributed by atoms with E-state index in [1.807, 2.05) is 38.1 Å². The number of benzene rings is 1. The van der Waals surface area contributed by atoms with Crippen LogP contribution in [0.3, 0.4) is 0 Å². The van der Waals surface area contributed by atoms with E-state index in [1.54, 1.807) is 4.90 Å². The zero-order chi connectivity index (χ0) is 17.2. The van der Waals surface area contributed by atoms with E-state index in [2.05, 4.69) is 10.2 Å². The van der Waals surface area contributed by atoms with Gasteiger partial charge in [0.05, 0.1) is 13.2 Å². The van der Waals surface area contributed by atoms with Gasteiger partial charge in [-0.1, -0.05) is 6.92 Å². The summed E-state index contributed by atoms with van der Waals surface area (Å²) in [4.78, 5) is 28.4. The van der Waals surface area contributed by atoms with Crippen molar-refractivity contribution in [3.05, 3.63) is 24.3 Å². The smallest absolute Gasteiger partial charge is 0.250 e. The first-order valence-corrected chi connectivity index (χ1v) is 8.59. The molecule has 3 rings (SSSR count). The summed E-state index contributed by atoms with van der Waals surface area (Å²) in [6, 6.07) is 7.85. The van der Waals surface area contributed by atoms with Crippen molar-refractivity contribution in [2.45, 2.75) is 32.2 Å². The molecule has 1 aromatic carbocycles. The van der Waals surface area contributed by atoms with Crippen LogP contribution in [0, 0.1) is 0 Å². The average Bonchev–Trinajstić information content (AvgIpc) is 2.61. The van der Waals surface area contributed by atoms with Crippen LogP contribution in [-0.4, -0.2) is 55.1 Å². The number of nitrogens with zero attached hydrogens (tertiary/aromatic N) is 2. The molecule has 0 bridgehead atoms. The maximum absolute atomic E-state index is 12.7. The Morgan fingerprint density at radius 3 is 2.38 bits per heavy atom. The molecule has 1 atom stereocenters. The summed E-state index contributed by atoms with van der Waals surface area (Å²) in [5, 5.41) is 2.96. The number of carbonyl (C=O) groups excluding carboxylic acids is 2. The molecule has 24 heavy (non-hydrogen) atoms. The van der Waals surface area contributed by atoms with Crippen molar-refractivity contribution in [1.82, 2.24) is 4.90 Å². The van der Waals surface area contributed by atoms with Crippen LogP contribution < -0.4 is 10.2 Å². The first-order valence-electron chi connectivity index (χ1n) is 8.59. The van der Waals surface area contributed by atoms with E-state index in [1.165, 1.54) is 0 Å². The Labute approximate surface area is 142 Å². The fourth-order valence-corrected chi connectivity index (χ4v) is 3.15. The van der Waals surface area contributed by atoms with Crippen molar-refractivity contribution in [2.24, 2.45) is 0 Å². The van der Waals surface area contributed by atoms with Gasteiger partial charge in [-0.25, -0.2) is 0 Å². The molecule has 2 amide bonds. The van der Waals surface area contributed by atoms with Gasteiger partial charge in [0.15, 0.2) is 0 Å². The molecule has 2 fully saturated rings. The van der Waals surface area contributed by atoms with Crippen LogP contribution in [0.4, 0.5) is 11.4 Å². The largest absolute Gasteiger partial charge is 0.378 e. The van der Waals surface area contributed by atoms with Gasteiger partial charge in [0.2, 0.25) is 11.8 Å². The van der Waals surface area contributed by atoms with Gasteiger partial charge in [-0.3, -0.25) is 9.59 Å². The molecule has 2 saturated heterocycles. The number of hydrogen-bond acceptors (Lipinski definition) is 4. The molecule has 1 unspecified atom stereocenters. The Hall–Kier alpha value is -2.08. The maximum Gasteiger partial charge on any atom is 0.250 e. The molecular weight excluding hydrogens is 306 g/mol. The van der Waals surface area contributed by atoms with Crippen molar-refractivity contribution in [3.8, 4) is 0 Å². The molecule has 6 heteroatoms. The number of hydrogen-bond donors (Lipinski definition) is 1. The number of likely N-dealkylation sites (tertiary alicyclic amines) is 1. The highest BCUT2D eigenvalue weighted by Gasteiger charge is 2.44. The van der Waals surface area contributed by atoms with Gasteiger partial charge >= 0.3 is 0 Å². The summed E-state index contributed by atoms with van der Waals surface area (Å²) < 4.78 is 5.36. The number of β-lactam (4-membered cyclic amide) rings is 1. The van der Waals surface area contributed by atoms with Gasteiger partial charge in [-0.15, -0.1) is 0 Å². The van der Waals surface area contributed by atoms with Crippen molar-refractivity contribution >= 4 is 23.2 Å². The topological polar surface area (TPSA) is 61.9 Å². The van der Waals surface area contributed by atoms with Crippen molar-refractivity contribution < 1.29 is 14.3 Å². The molecule has 1 N–H and O–H groups in total. The van der Waals surface area contributed by atoms with Crippen LogP contribution in [0.5, 0.6) is 0 Å². The Morgan fingerprint density at radius 2 is 1.88 bits per heavy atom. The second-order valence-electron chi connectivity index (χ2n) is 6.52. The lowest BCUT2D eigenvalue weighted by Crippen LogP contribution is -2.62. The predicted molar refractivity (Wildman–Crippen MR) is 93.1 cm³/mol. The van der Waals surface area contributed by atoms with Gasteiger partial charge in [0.1, 0.15) is 5.54 Å². The van der Waals surface area contributed by atoms with Gasteiger partial charge in [0.25, 0.3) is 0 Å². The van der Waals surface area contributed by atoms with Crippen LogP contribution in [-0.2, 0) is 14.3 Å². The minimum absolute atomic E-state index is 0.0529. The molecule has 6 nitrogen and oxygen atoms in total. The lowest BCUT2D eigenvalue weighted by atomic mass is 9.91. The third kappa shape index (κ3) is 3.11. The van der Waals surface area contributed by atoms with Crippen LogP contribution in [0.15, 0.2) is 24.3 Å². The van der Waals surface area contributed by atoms with E-state index in [-0.39, 0.29) is 11.8 Å². The number of nitrogens with one attached hydrogen (secondary N) is 1. The highest BCUT2D eigenvalue weighted by atomic mass is 16.5. The first kappa shape index (κ1) is 16.8. The fraction of sp³-hybridized carbons (Fsp3) is 0.556. The predicted octanol–water partition coefficient (Wildman–Crippen LogP) is 1.86. The normalized spacial score (nSPS) is 20.3. The summed E-state index contributed by atoms with van der Waals surface area (Å²) in [5.41, 5.74) is 1.11. The lowest BCUT2D eigenvalue weighted by Gasteiger charge is -2.44. The van der Waals surface area contributed by atoms with Crippen molar-refractivity contribution in [1.29, 1.82) is 0 Å². The third-order valence-corrected chi connectivity index (χ3v) is 5.13. The average molecular weight is 331 g/mol. The minimum Gasteiger partial charge on any atom is -0.378 e. The number of anilines is 2. The number of amides is 2. The molecule has 2 aliphatic heterocycles. The Balaban J connectivity index is 1.66. The summed E-state index contributed by atoms with van der Waals surface area (Å²) in [6.07, 6.45) is 1.13. The lowest BCUT2D eigenvalue weighted by molar-refractivity contribution is -0.154. The monoisotopic (exact) mass is 331 g/mol. The molecular formula is C18H25N3O3. The van der Waals surface area contributed by atoms with Gasteiger partial charge < -0.3 is 19.9 Å². The van der Waals surface area contributed by atoms with E-state index in [0.717, 1.165) is 37.7 Å². The first-order chi connectivity index (χ1) is 11.5. The van der Waals surface area contributed by atoms with E-state index in [9.17, 15) is 9.59 Å². The Kier molecular flexibility index (Phi) is 4.76. The van der Waals surface area contributed by atoms with Crippen LogP contribution in [0.2, 0.25) is 0 Å². The molecule has 130 valence electrons. The number of ether oxygens (including phenoxy) is 1. The molecule has 1 aromatic rings. The molecule has 0 spiro atoms. The van der Waals surface area contributed by atoms with Gasteiger partial charge in [-0.05, 0) is 37.6 Å². The van der Waals surface area contributed by atoms with Crippen LogP contribution >= 0.6 is 0 Å². The Morgan fingerprint density at radius 1 is 1.21 bits per heavy atom. The molecule has 0 radical (unpaired) electrons. The van der Waals surface area contributed by atoms with E-state index in [0.29, 0.717) is 19.4 Å². The standard InChI is InChI=1S/C18H25N3O3/c1-3-18(2,21-9-8-16(21)22)17(23)19-14-4-6-15(7-5-14)20-10-12-24-13-11-20/h4-7H,3,8-13H2,1-2H3,(H,19,23). The number of rotatable bonds is 5. The van der Waals surface area contributed by atoms with E-state index in [4.69, 9.17) is 4.74 Å². The summed E-state index contributed by atoms with van der Waals surface area (Å²) in [5.74, 6) is -0.0747. The second-order valence-corrected chi connectivity index (χ2v) is 6.52. The quantitative estimate of drug-likeness (QED) is 0.837. The number of morpholine rings is 1. The summed E-state index contributed by atoms with van der Waals surface area (Å²) in [6.45, 7) is 7.70. The van der Waals surface area contributed by atoms with Crippen LogP contribution in [0.1, 0.15) is 26.7 Å². The minimum atomic E-state index is -0.780. The molecule has 2 heterocycles. The zero-order valence-electron chi connectivity index (χ0n) is 14.4. The van der Waals surface area contributed by atoms with E-state index < -0.39 is 5.54 Å². The third-order valence-electron chi connectivity index (χ3n) is 5.13. The molecule has 0 saturated carbocycles. The van der Waals surface area contributed by atoms with Crippen molar-refractivity contribution in [3.63, 3.8) is 0 Å². The zero-order valence-corrected chi connectivity index (χ0v) is 14.4. The SMILES string of the molecule is CCC(C)(C(=O)Nc1ccc(N2CCOCC2)cc1)N1CCC1=O. The van der Waals surface area contributed by atoms with Crippen molar-refractivity contribution in [2.75, 3.05) is 43.1 Å². The molecule has 2 aliphatic rings. The van der Waals surface area contributed by atoms with Gasteiger partial charge in [0, 0.05) is 37.4 Å². The second kappa shape index (κ2) is 6.81. The molecule has 0 aromatic heterocycles. The summed E-state index contributed by atoms with van der Waals surface area (Å²) in [7, 11) is 0. The highest BCUT2D eigenvalue weighted by molar-refractivity contribution is 6.01. The van der Waals surface area contributed by atoms with E-state index >= 15 is 0 Å². The van der Waals surface area contributed by atoms with Crippen LogP contribution in [0.25, 0.3) is 0 Å². The molecule has 0 aliphatic carbocycles. The number of carbonyl (C=O) groups is 2. The Bertz CT molecular complexity index is 610. The summed E-state index contributed by atoms with van der Waals surface area (Å²) >= 11 is 0. The fourth-order valence-electron chi connectivity index (χ4n) is 3.15. The maximum atomic E-state index is 12.7.